The van der Waals surface area contributed by atoms with Crippen molar-refractivity contribution in [1.29, 1.82) is 0 Å². The zero-order valence-electron chi connectivity index (χ0n) is 9.36. The molecule has 1 rings (SSSR count). The fourth-order valence-electron chi connectivity index (χ4n) is 1.44. The number of hydrogen-bond donors (Lipinski definition) is 4. The molecule has 1 amide bonds. The summed E-state index contributed by atoms with van der Waals surface area (Å²) in [5.41, 5.74) is 6.18. The number of nitrogens with zero attached hydrogens (tertiary/aromatic N) is 1. The van der Waals surface area contributed by atoms with Crippen LogP contribution < -0.4 is 11.1 Å². The lowest BCUT2D eigenvalue weighted by molar-refractivity contribution is 0.0939. The summed E-state index contributed by atoms with van der Waals surface area (Å²) in [4.78, 5) is 11.6. The van der Waals surface area contributed by atoms with E-state index < -0.39 is 0 Å². The second kappa shape index (κ2) is 6.12. The average Bonchev–Trinajstić information content (AvgIpc) is 2.70. The van der Waals surface area contributed by atoms with E-state index in [1.165, 1.54) is 6.20 Å². The van der Waals surface area contributed by atoms with Crippen molar-refractivity contribution in [2.24, 2.45) is 5.92 Å². The summed E-state index contributed by atoms with van der Waals surface area (Å²) in [6.07, 6.45) is 3.01. The van der Waals surface area contributed by atoms with Crippen LogP contribution in [0.2, 0.25) is 0 Å². The molecule has 6 nitrogen and oxygen atoms in total. The van der Waals surface area contributed by atoms with Crippen LogP contribution in [0.5, 0.6) is 0 Å². The minimum atomic E-state index is -0.258. The second-order valence-corrected chi connectivity index (χ2v) is 3.70. The number of nitrogens with one attached hydrogen (secondary N) is 2. The summed E-state index contributed by atoms with van der Waals surface area (Å²) in [5, 5.41) is 17.8. The van der Waals surface area contributed by atoms with E-state index in [2.05, 4.69) is 15.5 Å². The maximum atomic E-state index is 11.6. The standard InChI is InChI=1S/C10H18N4O2/c1-2-7(3-4-15)5-12-10(16)9-8(11)6-13-14-9/h6-7,15H,2-5,11H2,1H3,(H,12,16)(H,13,14). The van der Waals surface area contributed by atoms with Crippen molar-refractivity contribution in [3.8, 4) is 0 Å². The zero-order valence-corrected chi connectivity index (χ0v) is 9.36. The minimum absolute atomic E-state index is 0.139. The monoisotopic (exact) mass is 226 g/mol. The highest BCUT2D eigenvalue weighted by molar-refractivity contribution is 5.96. The number of H-pyrrole nitrogens is 1. The molecule has 0 bridgehead atoms. The fraction of sp³-hybridized carbons (Fsp3) is 0.600. The first-order valence-corrected chi connectivity index (χ1v) is 5.36. The van der Waals surface area contributed by atoms with Crippen molar-refractivity contribution in [1.82, 2.24) is 15.5 Å². The number of carbonyl (C=O) groups excluding carboxylic acids is 1. The van der Waals surface area contributed by atoms with Crippen LogP contribution in [0, 0.1) is 5.92 Å². The summed E-state index contributed by atoms with van der Waals surface area (Å²) in [5.74, 6) is 0.0319. The third kappa shape index (κ3) is 3.23. The Balaban J connectivity index is 2.43. The maximum absolute atomic E-state index is 11.6. The fourth-order valence-corrected chi connectivity index (χ4v) is 1.44. The number of hydrogen-bond acceptors (Lipinski definition) is 4. The minimum Gasteiger partial charge on any atom is -0.396 e. The van der Waals surface area contributed by atoms with Crippen LogP contribution in [0.4, 0.5) is 5.69 Å². The molecule has 90 valence electrons. The number of aliphatic hydroxyl groups is 1. The summed E-state index contributed by atoms with van der Waals surface area (Å²) in [6.45, 7) is 2.70. The molecule has 0 radical (unpaired) electrons. The molecule has 1 heterocycles. The van der Waals surface area contributed by atoms with Crippen molar-refractivity contribution < 1.29 is 9.90 Å². The Labute approximate surface area is 94.2 Å². The first-order valence-electron chi connectivity index (χ1n) is 5.36. The maximum Gasteiger partial charge on any atom is 0.271 e. The Morgan fingerprint density at radius 3 is 3.00 bits per heavy atom. The number of aromatic amines is 1. The van der Waals surface area contributed by atoms with Crippen LogP contribution in [0.15, 0.2) is 6.20 Å². The molecule has 1 aromatic heterocycles. The van der Waals surface area contributed by atoms with Crippen molar-refractivity contribution in [3.05, 3.63) is 11.9 Å². The SMILES string of the molecule is CCC(CCO)CNC(=O)c1[nH]ncc1N. The smallest absolute Gasteiger partial charge is 0.271 e. The zero-order chi connectivity index (χ0) is 12.0. The summed E-state index contributed by atoms with van der Waals surface area (Å²) >= 11 is 0. The second-order valence-electron chi connectivity index (χ2n) is 3.70. The lowest BCUT2D eigenvalue weighted by atomic mass is 10.0. The molecule has 1 aromatic rings. The van der Waals surface area contributed by atoms with Gasteiger partial charge in [0.1, 0.15) is 5.69 Å². The van der Waals surface area contributed by atoms with Gasteiger partial charge in [0.05, 0.1) is 11.9 Å². The summed E-state index contributed by atoms with van der Waals surface area (Å²) < 4.78 is 0. The number of nitrogen functional groups attached to an aromatic ring is 1. The molecule has 0 aliphatic rings. The Bertz CT molecular complexity index is 337. The van der Waals surface area contributed by atoms with Gasteiger partial charge in [-0.3, -0.25) is 9.89 Å². The van der Waals surface area contributed by atoms with Crippen molar-refractivity contribution in [2.45, 2.75) is 19.8 Å². The molecule has 0 saturated heterocycles. The predicted octanol–water partition coefficient (Wildman–Crippen LogP) is 0.130. The molecule has 6 heteroatoms. The number of anilines is 1. The van der Waals surface area contributed by atoms with Crippen LogP contribution in [-0.4, -0.2) is 34.4 Å². The third-order valence-electron chi connectivity index (χ3n) is 2.56. The van der Waals surface area contributed by atoms with Crippen LogP contribution >= 0.6 is 0 Å². The molecule has 5 N–H and O–H groups in total. The Hall–Kier alpha value is -1.56. The number of rotatable bonds is 6. The van der Waals surface area contributed by atoms with Crippen LogP contribution in [-0.2, 0) is 0 Å². The van der Waals surface area contributed by atoms with Gasteiger partial charge >= 0.3 is 0 Å². The van der Waals surface area contributed by atoms with Gasteiger partial charge in [0.15, 0.2) is 0 Å². The number of nitrogens with two attached hydrogens (primary N) is 1. The molecule has 16 heavy (non-hydrogen) atoms. The van der Waals surface area contributed by atoms with Crippen molar-refractivity contribution in [2.75, 3.05) is 18.9 Å². The first kappa shape index (κ1) is 12.5. The van der Waals surface area contributed by atoms with Crippen LogP contribution in [0.25, 0.3) is 0 Å². The first-order chi connectivity index (χ1) is 7.69. The molecule has 0 spiro atoms. The molecule has 0 aromatic carbocycles. The van der Waals surface area contributed by atoms with Gasteiger partial charge in [-0.05, 0) is 12.3 Å². The van der Waals surface area contributed by atoms with Gasteiger partial charge in [-0.1, -0.05) is 13.3 Å². The van der Waals surface area contributed by atoms with Gasteiger partial charge in [-0.25, -0.2) is 0 Å². The number of carbonyl (C=O) groups is 1. The van der Waals surface area contributed by atoms with Gasteiger partial charge in [0.2, 0.25) is 0 Å². The lowest BCUT2D eigenvalue weighted by Crippen LogP contribution is -2.30. The normalized spacial score (nSPS) is 12.4. The molecule has 0 aliphatic carbocycles. The van der Waals surface area contributed by atoms with Crippen LogP contribution in [0.1, 0.15) is 30.3 Å². The number of aliphatic hydroxyl groups excluding tert-OH is 1. The largest absolute Gasteiger partial charge is 0.396 e. The topological polar surface area (TPSA) is 104 Å². The van der Waals surface area contributed by atoms with E-state index in [-0.39, 0.29) is 18.4 Å². The van der Waals surface area contributed by atoms with Gasteiger partial charge in [0, 0.05) is 13.2 Å². The molecule has 1 atom stereocenters. The van der Waals surface area contributed by atoms with E-state index in [4.69, 9.17) is 10.8 Å². The Morgan fingerprint density at radius 1 is 1.75 bits per heavy atom. The quantitative estimate of drug-likeness (QED) is 0.553. The van der Waals surface area contributed by atoms with Gasteiger partial charge < -0.3 is 16.2 Å². The van der Waals surface area contributed by atoms with Crippen molar-refractivity contribution in [3.63, 3.8) is 0 Å². The molecule has 0 fully saturated rings. The van der Waals surface area contributed by atoms with E-state index >= 15 is 0 Å². The average molecular weight is 226 g/mol. The van der Waals surface area contributed by atoms with Crippen molar-refractivity contribution >= 4 is 11.6 Å². The van der Waals surface area contributed by atoms with Gasteiger partial charge in [-0.15, -0.1) is 0 Å². The highest BCUT2D eigenvalue weighted by atomic mass is 16.3. The molecular weight excluding hydrogens is 208 g/mol. The molecule has 1 unspecified atom stereocenters. The van der Waals surface area contributed by atoms with E-state index in [1.54, 1.807) is 0 Å². The highest BCUT2D eigenvalue weighted by Crippen LogP contribution is 2.08. The lowest BCUT2D eigenvalue weighted by Gasteiger charge is -2.13. The van der Waals surface area contributed by atoms with E-state index in [0.717, 1.165) is 6.42 Å². The predicted molar refractivity (Wildman–Crippen MR) is 60.8 cm³/mol. The Kier molecular flexibility index (Phi) is 4.78. The molecule has 0 aliphatic heterocycles. The molecular formula is C10H18N4O2. The highest BCUT2D eigenvalue weighted by Gasteiger charge is 2.13. The summed E-state index contributed by atoms with van der Waals surface area (Å²) in [7, 11) is 0. The van der Waals surface area contributed by atoms with E-state index in [9.17, 15) is 4.79 Å². The third-order valence-corrected chi connectivity index (χ3v) is 2.56. The molecule has 0 saturated carbocycles. The summed E-state index contributed by atoms with van der Waals surface area (Å²) in [6, 6.07) is 0. The Morgan fingerprint density at radius 2 is 2.50 bits per heavy atom. The number of amides is 1. The van der Waals surface area contributed by atoms with Crippen LogP contribution in [0.3, 0.4) is 0 Å². The van der Waals surface area contributed by atoms with E-state index in [1.807, 2.05) is 6.92 Å². The van der Waals surface area contributed by atoms with Gasteiger partial charge in [0.25, 0.3) is 5.91 Å². The number of aromatic nitrogens is 2. The van der Waals surface area contributed by atoms with E-state index in [0.29, 0.717) is 24.3 Å². The van der Waals surface area contributed by atoms with Gasteiger partial charge in [-0.2, -0.15) is 5.10 Å².